The number of nitrogens with two attached hydrogens (primary N) is 5. The summed E-state index contributed by atoms with van der Waals surface area (Å²) in [6.07, 6.45) is 1.53. The molecule has 0 heterocycles. The Morgan fingerprint density at radius 2 is 1.21 bits per heavy atom. The molecule has 0 aliphatic carbocycles. The summed E-state index contributed by atoms with van der Waals surface area (Å²) in [6.45, 7) is 1.66. The van der Waals surface area contributed by atoms with Crippen molar-refractivity contribution < 1.29 is 29.4 Å². The molecule has 3 amide bonds. The Labute approximate surface area is 226 Å². The van der Waals surface area contributed by atoms with Crippen LogP contribution in [0.5, 0.6) is 0 Å². The third kappa shape index (κ3) is 15.1. The fourth-order valence-corrected chi connectivity index (χ4v) is 3.54. The number of amides is 3. The smallest absolute Gasteiger partial charge is 0.326 e. The van der Waals surface area contributed by atoms with E-state index in [9.17, 15) is 29.4 Å². The fourth-order valence-electron chi connectivity index (χ4n) is 3.07. The van der Waals surface area contributed by atoms with Gasteiger partial charge in [-0.1, -0.05) is 0 Å². The third-order valence-corrected chi connectivity index (χ3v) is 5.85. The Morgan fingerprint density at radius 1 is 0.789 bits per heavy atom. The first kappa shape index (κ1) is 34.7. The number of hydrogen-bond donors (Lipinski definition) is 10. The molecule has 0 aromatic heterocycles. The van der Waals surface area contributed by atoms with E-state index in [0.29, 0.717) is 5.75 Å². The van der Waals surface area contributed by atoms with E-state index in [1.807, 2.05) is 0 Å². The van der Waals surface area contributed by atoms with Gasteiger partial charge in [0, 0.05) is 13.1 Å². The van der Waals surface area contributed by atoms with Gasteiger partial charge in [-0.05, 0) is 51.0 Å². The van der Waals surface area contributed by atoms with Crippen molar-refractivity contribution >= 4 is 47.4 Å². The molecule has 0 rings (SSSR count). The van der Waals surface area contributed by atoms with Gasteiger partial charge in [-0.25, -0.2) is 4.79 Å². The topological polar surface area (TPSA) is 300 Å². The molecule has 0 bridgehead atoms. The van der Waals surface area contributed by atoms with Crippen molar-refractivity contribution in [3.05, 3.63) is 0 Å². The first-order chi connectivity index (χ1) is 17.8. The minimum Gasteiger partial charge on any atom is -0.480 e. The van der Waals surface area contributed by atoms with Crippen LogP contribution in [0.3, 0.4) is 0 Å². The van der Waals surface area contributed by atoms with E-state index < -0.39 is 54.0 Å². The van der Waals surface area contributed by atoms with Gasteiger partial charge in [0.15, 0.2) is 11.9 Å². The van der Waals surface area contributed by atoms with Crippen molar-refractivity contribution in [3.8, 4) is 0 Å². The molecule has 0 saturated heterocycles. The van der Waals surface area contributed by atoms with Crippen molar-refractivity contribution in [3.63, 3.8) is 0 Å². The van der Waals surface area contributed by atoms with Crippen LogP contribution in [-0.2, 0) is 19.2 Å². The molecule has 0 aromatic carbocycles. The monoisotopic (exact) mass is 562 g/mol. The molecule has 0 saturated carbocycles. The Balaban J connectivity index is 5.72. The van der Waals surface area contributed by atoms with Gasteiger partial charge in [0.25, 0.3) is 0 Å². The molecule has 38 heavy (non-hydrogen) atoms. The van der Waals surface area contributed by atoms with Gasteiger partial charge >= 0.3 is 5.97 Å². The highest BCUT2D eigenvalue weighted by atomic mass is 32.2. The van der Waals surface area contributed by atoms with E-state index in [2.05, 4.69) is 25.9 Å². The van der Waals surface area contributed by atoms with E-state index >= 15 is 0 Å². The number of aliphatic imine (C=N–C) groups is 2. The number of nitrogens with zero attached hydrogens (tertiary/aromatic N) is 2. The predicted octanol–water partition coefficient (Wildman–Crippen LogP) is -3.91. The average Bonchev–Trinajstić information content (AvgIpc) is 2.83. The van der Waals surface area contributed by atoms with E-state index in [0.717, 1.165) is 0 Å². The van der Waals surface area contributed by atoms with Crippen molar-refractivity contribution in [2.45, 2.75) is 69.3 Å². The number of carbonyl (C=O) groups is 4. The van der Waals surface area contributed by atoms with E-state index in [1.54, 1.807) is 6.26 Å². The van der Waals surface area contributed by atoms with E-state index in [1.165, 1.54) is 18.7 Å². The summed E-state index contributed by atoms with van der Waals surface area (Å²) < 4.78 is 0. The molecule has 0 aliphatic rings. The number of aliphatic hydroxyl groups excluding tert-OH is 1. The number of nitrogens with one attached hydrogen (secondary N) is 3. The number of carboxylic acids is 1. The number of carboxylic acid groups (broad SMARTS) is 1. The molecule has 0 radical (unpaired) electrons. The van der Waals surface area contributed by atoms with Crippen molar-refractivity contribution in [1.82, 2.24) is 16.0 Å². The summed E-state index contributed by atoms with van der Waals surface area (Å²) in [5, 5.41) is 26.6. The largest absolute Gasteiger partial charge is 0.480 e. The Kier molecular flexibility index (Phi) is 17.2. The number of aliphatic carboxylic acids is 1. The molecule has 5 unspecified atom stereocenters. The number of hydrogen-bond acceptors (Lipinski definition) is 9. The Bertz CT molecular complexity index is 833. The zero-order valence-corrected chi connectivity index (χ0v) is 22.6. The molecule has 17 heteroatoms. The number of carbonyl (C=O) groups excluding carboxylic acids is 3. The molecule has 16 nitrogen and oxygen atoms in total. The summed E-state index contributed by atoms with van der Waals surface area (Å²) in [4.78, 5) is 57.9. The summed E-state index contributed by atoms with van der Waals surface area (Å²) in [5.41, 5.74) is 26.9. The lowest BCUT2D eigenvalue weighted by Crippen LogP contribution is -2.58. The first-order valence-electron chi connectivity index (χ1n) is 12.0. The Hall–Kier alpha value is -3.31. The van der Waals surface area contributed by atoms with Crippen LogP contribution in [0.1, 0.15) is 39.0 Å². The molecule has 0 fully saturated rings. The van der Waals surface area contributed by atoms with Crippen molar-refractivity contribution in [2.24, 2.45) is 38.7 Å². The lowest BCUT2D eigenvalue weighted by atomic mass is 10.1. The number of aliphatic hydroxyl groups is 1. The van der Waals surface area contributed by atoms with Gasteiger partial charge in [0.1, 0.15) is 24.2 Å². The van der Waals surface area contributed by atoms with Crippen LogP contribution in [0.2, 0.25) is 0 Å². The van der Waals surface area contributed by atoms with Gasteiger partial charge in [-0.2, -0.15) is 11.8 Å². The van der Waals surface area contributed by atoms with Gasteiger partial charge in [-0.15, -0.1) is 0 Å². The molecule has 218 valence electrons. The highest BCUT2D eigenvalue weighted by molar-refractivity contribution is 7.98. The van der Waals surface area contributed by atoms with Crippen LogP contribution in [-0.4, -0.2) is 101 Å². The van der Waals surface area contributed by atoms with Crippen LogP contribution in [0, 0.1) is 0 Å². The second-order valence-corrected chi connectivity index (χ2v) is 9.45. The lowest BCUT2D eigenvalue weighted by molar-refractivity contribution is -0.142. The Morgan fingerprint density at radius 3 is 1.58 bits per heavy atom. The van der Waals surface area contributed by atoms with Gasteiger partial charge in [-0.3, -0.25) is 24.4 Å². The molecule has 0 aromatic rings. The first-order valence-corrected chi connectivity index (χ1v) is 13.4. The van der Waals surface area contributed by atoms with Crippen LogP contribution in [0.4, 0.5) is 0 Å². The lowest BCUT2D eigenvalue weighted by Gasteiger charge is -2.25. The maximum atomic E-state index is 13.2. The summed E-state index contributed by atoms with van der Waals surface area (Å²) in [6, 6.07) is -4.77. The maximum absolute atomic E-state index is 13.2. The molecular weight excluding hydrogens is 520 g/mol. The zero-order valence-electron chi connectivity index (χ0n) is 21.8. The molecule has 15 N–H and O–H groups in total. The van der Waals surface area contributed by atoms with Crippen LogP contribution in [0.25, 0.3) is 0 Å². The standard InChI is InChI=1S/C21H42N10O6S/c1-11(32)15(22)18(35)30-13(6-4-9-28-21(25)26)16(33)29-12(5-3-8-27-20(23)24)17(34)31-14(19(36)37)7-10-38-2/h11-15,32H,3-10,22H2,1-2H3,(H,29,33)(H,30,35)(H,31,34)(H,36,37)(H4,23,24,27)(H4,25,26,28). The second kappa shape index (κ2) is 18.9. The number of thioether (sulfide) groups is 1. The van der Waals surface area contributed by atoms with Gasteiger partial charge in [0.05, 0.1) is 6.10 Å². The zero-order chi connectivity index (χ0) is 29.3. The van der Waals surface area contributed by atoms with Crippen molar-refractivity contribution in [2.75, 3.05) is 25.1 Å². The highest BCUT2D eigenvalue weighted by Crippen LogP contribution is 2.07. The summed E-state index contributed by atoms with van der Waals surface area (Å²) in [5.74, 6) is -3.23. The number of guanidine groups is 2. The second-order valence-electron chi connectivity index (χ2n) is 8.47. The minimum absolute atomic E-state index is 0.0745. The summed E-state index contributed by atoms with van der Waals surface area (Å²) in [7, 11) is 0. The van der Waals surface area contributed by atoms with E-state index in [4.69, 9.17) is 28.7 Å². The van der Waals surface area contributed by atoms with Crippen LogP contribution >= 0.6 is 11.8 Å². The summed E-state index contributed by atoms with van der Waals surface area (Å²) >= 11 is 1.42. The molecule has 0 aliphatic heterocycles. The maximum Gasteiger partial charge on any atom is 0.326 e. The van der Waals surface area contributed by atoms with Gasteiger partial charge < -0.3 is 54.8 Å². The fraction of sp³-hybridized carbons (Fsp3) is 0.714. The number of rotatable bonds is 19. The van der Waals surface area contributed by atoms with Crippen LogP contribution in [0.15, 0.2) is 9.98 Å². The van der Waals surface area contributed by atoms with Gasteiger partial charge in [0.2, 0.25) is 17.7 Å². The van der Waals surface area contributed by atoms with Crippen LogP contribution < -0.4 is 44.6 Å². The molecule has 5 atom stereocenters. The SMILES string of the molecule is CSCCC(NC(=O)C(CCCN=C(N)N)NC(=O)C(CCCN=C(N)N)NC(=O)C(N)C(C)O)C(=O)O. The van der Waals surface area contributed by atoms with Crippen molar-refractivity contribution in [1.29, 1.82) is 0 Å². The molecule has 0 spiro atoms. The quantitative estimate of drug-likeness (QED) is 0.0410. The predicted molar refractivity (Wildman–Crippen MR) is 146 cm³/mol. The van der Waals surface area contributed by atoms with E-state index in [-0.39, 0.29) is 57.1 Å². The normalized spacial score (nSPS) is 14.6. The third-order valence-electron chi connectivity index (χ3n) is 5.20. The highest BCUT2D eigenvalue weighted by Gasteiger charge is 2.30. The average molecular weight is 563 g/mol. The molecular formula is C21H42N10O6S. The minimum atomic E-state index is -1.30.